The van der Waals surface area contributed by atoms with Gasteiger partial charge in [-0.3, -0.25) is 14.5 Å². The maximum Gasteiger partial charge on any atom is 0.259 e. The molecular weight excluding hydrogens is 304 g/mol. The Hall–Kier alpha value is -1.92. The van der Waals surface area contributed by atoms with Crippen LogP contribution in [-0.2, 0) is 13.1 Å². The van der Waals surface area contributed by atoms with Crippen molar-refractivity contribution in [2.45, 2.75) is 26.9 Å². The van der Waals surface area contributed by atoms with Crippen LogP contribution in [0.2, 0.25) is 5.15 Å². The summed E-state index contributed by atoms with van der Waals surface area (Å²) in [6, 6.07) is 3.69. The van der Waals surface area contributed by atoms with Crippen LogP contribution in [0.1, 0.15) is 28.5 Å². The molecule has 6 nitrogen and oxygen atoms in total. The highest BCUT2D eigenvalue weighted by Gasteiger charge is 2.24. The van der Waals surface area contributed by atoms with E-state index in [-0.39, 0.29) is 19.1 Å². The maximum atomic E-state index is 12.8. The van der Waals surface area contributed by atoms with Gasteiger partial charge in [0.15, 0.2) is 0 Å². The number of nitrogens with zero attached hydrogens (tertiary/aromatic N) is 4. The Kier molecular flexibility index (Phi) is 5.51. The van der Waals surface area contributed by atoms with Crippen molar-refractivity contribution in [2.24, 2.45) is 0 Å². The van der Waals surface area contributed by atoms with Crippen LogP contribution in [-0.4, -0.2) is 43.8 Å². The van der Waals surface area contributed by atoms with E-state index in [4.69, 9.17) is 11.6 Å². The average molecular weight is 323 g/mol. The molecule has 2 rings (SSSR count). The van der Waals surface area contributed by atoms with Crippen LogP contribution in [0, 0.1) is 6.92 Å². The molecule has 0 saturated heterocycles. The molecule has 1 amide bonds. The minimum atomic E-state index is -0.236. The zero-order valence-electron chi connectivity index (χ0n) is 12.7. The van der Waals surface area contributed by atoms with Gasteiger partial charge in [-0.1, -0.05) is 17.7 Å². The van der Waals surface area contributed by atoms with Crippen molar-refractivity contribution in [1.29, 1.82) is 0 Å². The number of pyridine rings is 1. The Morgan fingerprint density at radius 1 is 1.50 bits per heavy atom. The van der Waals surface area contributed by atoms with Crippen LogP contribution < -0.4 is 0 Å². The molecule has 0 radical (unpaired) electrons. The van der Waals surface area contributed by atoms with Gasteiger partial charge in [-0.05, 0) is 25.5 Å². The molecule has 0 aliphatic rings. The molecule has 0 aromatic carbocycles. The predicted molar refractivity (Wildman–Crippen MR) is 83.7 cm³/mol. The topological polar surface area (TPSA) is 71.2 Å². The largest absolute Gasteiger partial charge is 0.395 e. The van der Waals surface area contributed by atoms with Crippen LogP contribution in [0.15, 0.2) is 24.5 Å². The van der Waals surface area contributed by atoms with Gasteiger partial charge in [0.05, 0.1) is 17.9 Å². The molecule has 2 aromatic rings. The first-order valence-corrected chi connectivity index (χ1v) is 7.48. The Morgan fingerprint density at radius 3 is 2.82 bits per heavy atom. The Labute approximate surface area is 134 Å². The van der Waals surface area contributed by atoms with Crippen molar-refractivity contribution in [1.82, 2.24) is 19.7 Å². The quantitative estimate of drug-likeness (QED) is 0.881. The number of rotatable bonds is 6. The van der Waals surface area contributed by atoms with Gasteiger partial charge in [-0.2, -0.15) is 5.10 Å². The number of aliphatic hydroxyl groups excluding tert-OH is 1. The van der Waals surface area contributed by atoms with Crippen molar-refractivity contribution in [3.8, 4) is 0 Å². The third-order valence-electron chi connectivity index (χ3n) is 3.33. The van der Waals surface area contributed by atoms with E-state index >= 15 is 0 Å². The highest BCUT2D eigenvalue weighted by atomic mass is 35.5. The van der Waals surface area contributed by atoms with E-state index in [1.807, 2.05) is 19.1 Å². The minimum absolute atomic E-state index is 0.120. The molecule has 0 fully saturated rings. The lowest BCUT2D eigenvalue weighted by Crippen LogP contribution is -2.33. The van der Waals surface area contributed by atoms with Gasteiger partial charge >= 0.3 is 0 Å². The molecule has 0 saturated carbocycles. The zero-order chi connectivity index (χ0) is 16.1. The molecule has 7 heteroatoms. The molecule has 0 atom stereocenters. The lowest BCUT2D eigenvalue weighted by molar-refractivity contribution is 0.0707. The first kappa shape index (κ1) is 16.5. The number of carbonyl (C=O) groups is 1. The second-order valence-electron chi connectivity index (χ2n) is 4.88. The lowest BCUT2D eigenvalue weighted by atomic mass is 10.2. The van der Waals surface area contributed by atoms with Gasteiger partial charge in [0.25, 0.3) is 5.91 Å². The summed E-state index contributed by atoms with van der Waals surface area (Å²) < 4.78 is 1.59. The predicted octanol–water partition coefficient (Wildman–Crippen LogP) is 1.89. The molecule has 118 valence electrons. The van der Waals surface area contributed by atoms with E-state index in [0.29, 0.717) is 29.5 Å². The van der Waals surface area contributed by atoms with E-state index in [1.54, 1.807) is 28.9 Å². The molecule has 0 aliphatic carbocycles. The van der Waals surface area contributed by atoms with Crippen LogP contribution in [0.5, 0.6) is 0 Å². The van der Waals surface area contributed by atoms with E-state index in [1.165, 1.54) is 0 Å². The number of carbonyl (C=O) groups excluding carboxylic acids is 1. The summed E-state index contributed by atoms with van der Waals surface area (Å²) >= 11 is 6.25. The van der Waals surface area contributed by atoms with Crippen LogP contribution >= 0.6 is 11.6 Å². The summed E-state index contributed by atoms with van der Waals surface area (Å²) in [6.07, 6.45) is 3.37. The molecule has 2 heterocycles. The summed E-state index contributed by atoms with van der Waals surface area (Å²) in [5.74, 6) is -0.236. The van der Waals surface area contributed by atoms with Crippen LogP contribution in [0.25, 0.3) is 0 Å². The minimum Gasteiger partial charge on any atom is -0.395 e. The summed E-state index contributed by atoms with van der Waals surface area (Å²) in [6.45, 7) is 4.72. The van der Waals surface area contributed by atoms with Crippen LogP contribution in [0.4, 0.5) is 0 Å². The average Bonchev–Trinajstić information content (AvgIpc) is 2.81. The first-order chi connectivity index (χ1) is 10.6. The van der Waals surface area contributed by atoms with Crippen molar-refractivity contribution in [3.63, 3.8) is 0 Å². The van der Waals surface area contributed by atoms with Crippen molar-refractivity contribution < 1.29 is 9.90 Å². The number of halogens is 1. The number of aliphatic hydroxyl groups is 1. The van der Waals surface area contributed by atoms with Gasteiger partial charge < -0.3 is 10.0 Å². The fourth-order valence-corrected chi connectivity index (χ4v) is 2.62. The Bertz CT molecular complexity index is 642. The molecule has 0 aliphatic heterocycles. The standard InChI is InChI=1S/C15H19ClN4O2/c1-3-20-14(16)13(11(2)18-20)15(22)19(7-8-21)10-12-5-4-6-17-9-12/h4-6,9,21H,3,7-8,10H2,1-2H3. The van der Waals surface area contributed by atoms with E-state index in [9.17, 15) is 9.90 Å². The van der Waals surface area contributed by atoms with Crippen LogP contribution in [0.3, 0.4) is 0 Å². The van der Waals surface area contributed by atoms with E-state index in [0.717, 1.165) is 5.56 Å². The van der Waals surface area contributed by atoms with E-state index < -0.39 is 0 Å². The Balaban J connectivity index is 2.28. The highest BCUT2D eigenvalue weighted by molar-refractivity contribution is 6.33. The molecule has 22 heavy (non-hydrogen) atoms. The van der Waals surface area contributed by atoms with Gasteiger partial charge in [0, 0.05) is 32.0 Å². The molecular formula is C15H19ClN4O2. The van der Waals surface area contributed by atoms with Gasteiger partial charge in [0.2, 0.25) is 0 Å². The number of aromatic nitrogens is 3. The summed E-state index contributed by atoms with van der Waals surface area (Å²) in [5, 5.41) is 13.8. The molecule has 1 N–H and O–H groups in total. The van der Waals surface area contributed by atoms with E-state index in [2.05, 4.69) is 10.1 Å². The number of hydrogen-bond donors (Lipinski definition) is 1. The fourth-order valence-electron chi connectivity index (χ4n) is 2.25. The molecule has 0 spiro atoms. The SMILES string of the molecule is CCn1nc(C)c(C(=O)N(CCO)Cc2cccnc2)c1Cl. The second-order valence-corrected chi connectivity index (χ2v) is 5.24. The number of hydrogen-bond acceptors (Lipinski definition) is 4. The van der Waals surface area contributed by atoms with Gasteiger partial charge in [-0.25, -0.2) is 0 Å². The highest BCUT2D eigenvalue weighted by Crippen LogP contribution is 2.22. The molecule has 0 bridgehead atoms. The van der Waals surface area contributed by atoms with Crippen molar-refractivity contribution in [2.75, 3.05) is 13.2 Å². The Morgan fingerprint density at radius 2 is 2.27 bits per heavy atom. The summed E-state index contributed by atoms with van der Waals surface area (Å²) in [5.41, 5.74) is 1.87. The first-order valence-electron chi connectivity index (χ1n) is 7.10. The van der Waals surface area contributed by atoms with Gasteiger partial charge in [-0.15, -0.1) is 0 Å². The second kappa shape index (κ2) is 7.38. The monoisotopic (exact) mass is 322 g/mol. The van der Waals surface area contributed by atoms with Gasteiger partial charge in [0.1, 0.15) is 5.15 Å². The van der Waals surface area contributed by atoms with Crippen molar-refractivity contribution >= 4 is 17.5 Å². The van der Waals surface area contributed by atoms with Crippen molar-refractivity contribution in [3.05, 3.63) is 46.5 Å². The number of aryl methyl sites for hydroxylation is 2. The lowest BCUT2D eigenvalue weighted by Gasteiger charge is -2.21. The maximum absolute atomic E-state index is 12.8. The number of amides is 1. The summed E-state index contributed by atoms with van der Waals surface area (Å²) in [4.78, 5) is 18.4. The third-order valence-corrected chi connectivity index (χ3v) is 3.72. The molecule has 0 unspecified atom stereocenters. The third kappa shape index (κ3) is 3.45. The zero-order valence-corrected chi connectivity index (χ0v) is 13.4. The normalized spacial score (nSPS) is 10.7. The smallest absolute Gasteiger partial charge is 0.259 e. The summed E-state index contributed by atoms with van der Waals surface area (Å²) in [7, 11) is 0. The molecule has 2 aromatic heterocycles. The fraction of sp³-hybridized carbons (Fsp3) is 0.400.